The molecule has 98 valence electrons. The molecule has 2 aromatic carbocycles. The third kappa shape index (κ3) is 1.43. The minimum atomic E-state index is -0.192. The Morgan fingerprint density at radius 3 is 2.65 bits per heavy atom. The number of aromatic nitrogens is 4. The average molecular weight is 264 g/mol. The zero-order valence-electron chi connectivity index (χ0n) is 10.8. The third-order valence-corrected chi connectivity index (χ3v) is 3.50. The van der Waals surface area contributed by atoms with Crippen molar-refractivity contribution < 1.29 is 0 Å². The number of hydrogen-bond acceptors (Lipinski definition) is 2. The molecular formula is C15H12N4O. The van der Waals surface area contributed by atoms with E-state index in [2.05, 4.69) is 15.0 Å². The number of aryl methyl sites for hydroxylation is 1. The number of fused-ring (bicyclic) bond motifs is 2. The number of nitrogens with one attached hydrogen (secondary N) is 2. The molecule has 0 bridgehead atoms. The van der Waals surface area contributed by atoms with E-state index in [1.807, 2.05) is 49.4 Å². The fraction of sp³-hybridized carbons (Fsp3) is 0.0667. The summed E-state index contributed by atoms with van der Waals surface area (Å²) < 4.78 is 1.56. The summed E-state index contributed by atoms with van der Waals surface area (Å²) in [5, 5.41) is 0. The summed E-state index contributed by atoms with van der Waals surface area (Å²) in [5.74, 6) is 0.539. The van der Waals surface area contributed by atoms with Gasteiger partial charge in [0.1, 0.15) is 0 Å². The van der Waals surface area contributed by atoms with Crippen molar-refractivity contribution in [2.75, 3.05) is 0 Å². The second-order valence-electron chi connectivity index (χ2n) is 4.81. The molecule has 0 atom stereocenters. The minimum Gasteiger partial charge on any atom is -0.323 e. The van der Waals surface area contributed by atoms with Crippen molar-refractivity contribution >= 4 is 22.1 Å². The molecule has 4 aromatic rings. The Morgan fingerprint density at radius 1 is 1.00 bits per heavy atom. The Bertz CT molecular complexity index is 990. The first-order valence-electron chi connectivity index (χ1n) is 6.39. The van der Waals surface area contributed by atoms with Gasteiger partial charge in [0.2, 0.25) is 5.95 Å². The number of rotatable bonds is 1. The lowest BCUT2D eigenvalue weighted by molar-refractivity contribution is 0.944. The van der Waals surface area contributed by atoms with Crippen LogP contribution in [0.4, 0.5) is 0 Å². The lowest BCUT2D eigenvalue weighted by atomic mass is 10.2. The molecule has 5 heteroatoms. The summed E-state index contributed by atoms with van der Waals surface area (Å²) in [6.45, 7) is 2.00. The summed E-state index contributed by atoms with van der Waals surface area (Å²) in [7, 11) is 0. The van der Waals surface area contributed by atoms with Crippen LogP contribution in [0.2, 0.25) is 0 Å². The number of nitrogens with zero attached hydrogens (tertiary/aromatic N) is 2. The van der Waals surface area contributed by atoms with E-state index in [-0.39, 0.29) is 5.69 Å². The molecule has 0 unspecified atom stereocenters. The minimum absolute atomic E-state index is 0.192. The standard InChI is InChI=1S/C15H12N4O/c1-9-5-4-7-11-13(9)18-14(16-11)19-12-8-3-2-6-10(12)17-15(19)20/h2-8H,1H3,(H,16,18)(H,17,20). The number of benzene rings is 2. The summed E-state index contributed by atoms with van der Waals surface area (Å²) in [6.07, 6.45) is 0. The molecule has 4 rings (SSSR count). The highest BCUT2D eigenvalue weighted by Gasteiger charge is 2.12. The molecule has 0 aliphatic carbocycles. The van der Waals surface area contributed by atoms with Gasteiger partial charge in [0, 0.05) is 0 Å². The van der Waals surface area contributed by atoms with Crippen LogP contribution in [0.1, 0.15) is 5.56 Å². The van der Waals surface area contributed by atoms with E-state index >= 15 is 0 Å². The zero-order valence-corrected chi connectivity index (χ0v) is 10.8. The fourth-order valence-corrected chi connectivity index (χ4v) is 2.53. The number of hydrogen-bond donors (Lipinski definition) is 2. The van der Waals surface area contributed by atoms with Crippen molar-refractivity contribution in [1.29, 1.82) is 0 Å². The molecule has 0 aliphatic heterocycles. The molecule has 0 aliphatic rings. The highest BCUT2D eigenvalue weighted by Crippen LogP contribution is 2.19. The molecule has 2 aromatic heterocycles. The van der Waals surface area contributed by atoms with Gasteiger partial charge in [-0.3, -0.25) is 0 Å². The van der Waals surface area contributed by atoms with Crippen molar-refractivity contribution in [2.24, 2.45) is 0 Å². The van der Waals surface area contributed by atoms with E-state index in [9.17, 15) is 4.79 Å². The maximum absolute atomic E-state index is 12.1. The van der Waals surface area contributed by atoms with Gasteiger partial charge in [-0.1, -0.05) is 24.3 Å². The van der Waals surface area contributed by atoms with Crippen LogP contribution in [0.25, 0.3) is 28.0 Å². The van der Waals surface area contributed by atoms with Gasteiger partial charge in [-0.15, -0.1) is 0 Å². The first-order valence-corrected chi connectivity index (χ1v) is 6.39. The summed E-state index contributed by atoms with van der Waals surface area (Å²) in [5.41, 5.74) is 4.32. The van der Waals surface area contributed by atoms with Gasteiger partial charge in [0.05, 0.1) is 22.1 Å². The maximum atomic E-state index is 12.1. The first kappa shape index (κ1) is 11.0. The molecule has 0 spiro atoms. The normalized spacial score (nSPS) is 11.4. The van der Waals surface area contributed by atoms with Crippen molar-refractivity contribution in [3.05, 3.63) is 58.5 Å². The van der Waals surface area contributed by atoms with Crippen LogP contribution >= 0.6 is 0 Å². The Kier molecular flexibility index (Phi) is 2.12. The van der Waals surface area contributed by atoms with Gasteiger partial charge >= 0.3 is 5.69 Å². The Labute approximate surface area is 113 Å². The predicted molar refractivity (Wildman–Crippen MR) is 78.3 cm³/mol. The van der Waals surface area contributed by atoms with Crippen LogP contribution in [0, 0.1) is 6.92 Å². The molecule has 2 heterocycles. The molecular weight excluding hydrogens is 252 g/mol. The summed E-state index contributed by atoms with van der Waals surface area (Å²) >= 11 is 0. The molecule has 0 amide bonds. The van der Waals surface area contributed by atoms with E-state index in [1.165, 1.54) is 0 Å². The van der Waals surface area contributed by atoms with E-state index < -0.39 is 0 Å². The third-order valence-electron chi connectivity index (χ3n) is 3.50. The monoisotopic (exact) mass is 264 g/mol. The van der Waals surface area contributed by atoms with E-state index in [4.69, 9.17) is 0 Å². The maximum Gasteiger partial charge on any atom is 0.333 e. The van der Waals surface area contributed by atoms with Crippen LogP contribution in [-0.4, -0.2) is 19.5 Å². The van der Waals surface area contributed by atoms with Crippen LogP contribution in [0.3, 0.4) is 0 Å². The Balaban J connectivity index is 2.09. The summed E-state index contributed by atoms with van der Waals surface area (Å²) in [4.78, 5) is 22.7. The van der Waals surface area contributed by atoms with Crippen LogP contribution in [0.15, 0.2) is 47.3 Å². The predicted octanol–water partition coefficient (Wildman–Crippen LogP) is 2.50. The van der Waals surface area contributed by atoms with Gasteiger partial charge in [-0.05, 0) is 30.7 Å². The Morgan fingerprint density at radius 2 is 1.80 bits per heavy atom. The largest absolute Gasteiger partial charge is 0.333 e. The lowest BCUT2D eigenvalue weighted by Crippen LogP contribution is -2.15. The van der Waals surface area contributed by atoms with Crippen molar-refractivity contribution in [3.8, 4) is 5.95 Å². The van der Waals surface area contributed by atoms with E-state index in [0.29, 0.717) is 5.95 Å². The average Bonchev–Trinajstić information content (AvgIpc) is 2.99. The molecule has 0 radical (unpaired) electrons. The lowest BCUT2D eigenvalue weighted by Gasteiger charge is -1.96. The molecule has 2 N–H and O–H groups in total. The second-order valence-corrected chi connectivity index (χ2v) is 4.81. The SMILES string of the molecule is Cc1cccc2[nH]c(-n3c(=O)[nH]c4ccccc43)nc12. The second kappa shape index (κ2) is 3.84. The van der Waals surface area contributed by atoms with Gasteiger partial charge in [0.25, 0.3) is 0 Å². The zero-order chi connectivity index (χ0) is 13.7. The van der Waals surface area contributed by atoms with Gasteiger partial charge in [-0.2, -0.15) is 0 Å². The quantitative estimate of drug-likeness (QED) is 0.554. The number of H-pyrrole nitrogens is 2. The molecule has 0 fully saturated rings. The highest BCUT2D eigenvalue weighted by molar-refractivity contribution is 5.81. The van der Waals surface area contributed by atoms with E-state index in [1.54, 1.807) is 4.57 Å². The van der Waals surface area contributed by atoms with Crippen LogP contribution in [0.5, 0.6) is 0 Å². The topological polar surface area (TPSA) is 66.5 Å². The summed E-state index contributed by atoms with van der Waals surface area (Å²) in [6, 6.07) is 13.5. The van der Waals surface area contributed by atoms with Crippen molar-refractivity contribution in [3.63, 3.8) is 0 Å². The molecule has 20 heavy (non-hydrogen) atoms. The smallest absolute Gasteiger partial charge is 0.323 e. The van der Waals surface area contributed by atoms with Crippen LogP contribution < -0.4 is 5.69 Å². The van der Waals surface area contributed by atoms with E-state index in [0.717, 1.165) is 27.6 Å². The van der Waals surface area contributed by atoms with Crippen molar-refractivity contribution in [1.82, 2.24) is 19.5 Å². The first-order chi connectivity index (χ1) is 9.74. The molecule has 0 saturated carbocycles. The van der Waals surface area contributed by atoms with Crippen molar-refractivity contribution in [2.45, 2.75) is 6.92 Å². The molecule has 5 nitrogen and oxygen atoms in total. The van der Waals surface area contributed by atoms with Gasteiger partial charge < -0.3 is 9.97 Å². The molecule has 0 saturated heterocycles. The van der Waals surface area contributed by atoms with Crippen LogP contribution in [-0.2, 0) is 0 Å². The fourth-order valence-electron chi connectivity index (χ4n) is 2.53. The number of aromatic amines is 2. The number of imidazole rings is 2. The van der Waals surface area contributed by atoms with Gasteiger partial charge in [-0.25, -0.2) is 14.3 Å². The highest BCUT2D eigenvalue weighted by atomic mass is 16.1. The number of para-hydroxylation sites is 3. The van der Waals surface area contributed by atoms with Gasteiger partial charge in [0.15, 0.2) is 0 Å². The Hall–Kier alpha value is -2.82.